The number of fused-ring (bicyclic) bond motifs is 4. The van der Waals surface area contributed by atoms with E-state index in [0.717, 1.165) is 85.6 Å². The van der Waals surface area contributed by atoms with Crippen molar-refractivity contribution in [1.82, 2.24) is 20.0 Å². The first-order valence-corrected chi connectivity index (χ1v) is 24.8. The fourth-order valence-corrected chi connectivity index (χ4v) is 10.6. The third-order valence-corrected chi connectivity index (χ3v) is 13.8. The van der Waals surface area contributed by atoms with Gasteiger partial charge in [-0.25, -0.2) is 14.6 Å². The Morgan fingerprint density at radius 3 is 2.04 bits per heavy atom. The number of carbonyl (C=O) groups excluding carboxylic acids is 3. The molecular weight excluding hydrogens is 1010 g/mol. The lowest BCUT2D eigenvalue weighted by atomic mass is 9.89. The lowest BCUT2D eigenvalue weighted by Crippen LogP contribution is -3.00. The maximum Gasteiger partial charge on any atom is 0.408 e. The monoisotopic (exact) mass is 1080 g/mol. The minimum absolute atomic E-state index is 0. The van der Waals surface area contributed by atoms with Gasteiger partial charge in [0.2, 0.25) is 0 Å². The molecule has 0 bridgehead atoms. The van der Waals surface area contributed by atoms with Crippen LogP contribution in [0.15, 0.2) is 65.7 Å². The van der Waals surface area contributed by atoms with Crippen LogP contribution in [0, 0.1) is 19.8 Å². The van der Waals surface area contributed by atoms with Crippen molar-refractivity contribution in [2.75, 3.05) is 69.7 Å². The molecule has 2 aromatic heterocycles. The average molecular weight is 1080 g/mol. The van der Waals surface area contributed by atoms with Crippen LogP contribution in [0.25, 0.3) is 16.6 Å². The van der Waals surface area contributed by atoms with Crippen molar-refractivity contribution in [1.29, 1.82) is 0 Å². The predicted octanol–water partition coefficient (Wildman–Crippen LogP) is 5.75. The van der Waals surface area contributed by atoms with Crippen LogP contribution in [0.2, 0.25) is 0 Å². The van der Waals surface area contributed by atoms with Crippen molar-refractivity contribution in [3.05, 3.63) is 91.9 Å². The SMILES string of the molecule is C.CCOC(=O)C(CC1CCN(C2=Cc3ccccc3Nc3sc(C)cc32)CC1)[N-]Cl.CCOC(=O)C(CN1CCN(C2=Nc3ccccc3Nc3sc(C)cc32)CC1)NC(=O)OC(C)(C)C.Cl.[Cl-].[Cl-].[HH]. The summed E-state index contributed by atoms with van der Waals surface area (Å²) in [5, 5.41) is 12.2. The lowest BCUT2D eigenvalue weighted by Gasteiger charge is -2.37. The van der Waals surface area contributed by atoms with Gasteiger partial charge in [0.1, 0.15) is 27.5 Å². The molecule has 4 aliphatic rings. The zero-order valence-electron chi connectivity index (χ0n) is 40.1. The number of nitrogens with one attached hydrogen (secondary N) is 3. The highest BCUT2D eigenvalue weighted by molar-refractivity contribution is 7.16. The minimum Gasteiger partial charge on any atom is -1.00 e. The third-order valence-electron chi connectivity index (χ3n) is 11.7. The Labute approximate surface area is 447 Å². The van der Waals surface area contributed by atoms with Gasteiger partial charge in [0.05, 0.1) is 30.2 Å². The van der Waals surface area contributed by atoms with E-state index in [2.05, 4.69) is 91.8 Å². The molecule has 2 unspecified atom stereocenters. The number of thiophene rings is 2. The van der Waals surface area contributed by atoms with E-state index in [0.29, 0.717) is 25.5 Å². The number of piperazine rings is 1. The number of piperidine rings is 1. The van der Waals surface area contributed by atoms with Crippen LogP contribution in [0.5, 0.6) is 0 Å². The molecule has 2 saturated heterocycles. The highest BCUT2D eigenvalue weighted by Gasteiger charge is 2.32. The normalized spacial score (nSPS) is 15.9. The molecule has 8 rings (SSSR count). The van der Waals surface area contributed by atoms with Gasteiger partial charge in [0.15, 0.2) is 0 Å². The zero-order chi connectivity index (χ0) is 47.0. The number of hydrogen-bond acceptors (Lipinski definition) is 14. The number of aliphatic imine (C=N–C) groups is 1. The summed E-state index contributed by atoms with van der Waals surface area (Å²) < 4.78 is 15.7. The van der Waals surface area contributed by atoms with Crippen LogP contribution in [0.4, 0.5) is 31.9 Å². The first-order chi connectivity index (χ1) is 31.7. The Balaban J connectivity index is 0.000000461. The molecule has 0 saturated carbocycles. The number of halogens is 4. The number of esters is 2. The van der Waals surface area contributed by atoms with Crippen LogP contribution >= 0.6 is 46.9 Å². The van der Waals surface area contributed by atoms with Crippen molar-refractivity contribution < 1.29 is 54.8 Å². The number of amides is 1. The van der Waals surface area contributed by atoms with Gasteiger partial charge in [-0.05, 0) is 110 Å². The van der Waals surface area contributed by atoms with E-state index in [1.54, 1.807) is 57.3 Å². The molecule has 14 nitrogen and oxygen atoms in total. The van der Waals surface area contributed by atoms with Crippen LogP contribution in [0.3, 0.4) is 0 Å². The summed E-state index contributed by atoms with van der Waals surface area (Å²) in [6.45, 7) is 19.0. The molecule has 388 valence electrons. The number of anilines is 4. The maximum atomic E-state index is 12.6. The minimum atomic E-state index is -0.802. The Hall–Kier alpha value is -4.26. The van der Waals surface area contributed by atoms with Crippen molar-refractivity contribution >= 4 is 110 Å². The standard InChI is InChI=1S/C26H35N5O4S.C23H27ClN3O2S.CH4.3ClH.H2/c1-6-34-24(32)21(29-25(33)35-26(3,4)5)16-30-11-13-31(14-12-30)22-18-15-17(2)36-23(18)28-20-10-8-7-9-19(20)27-22;1-3-29-23(28)20(26-24)13-16-8-10-27(11-9-16)21-14-17-6-4-5-7-19(17)25-22-18(21)12-15(2)30-22;;;;;/h7-10,15,21,28H,6,11-14,16H2,1-5H3,(H,29,33);4-7,12,14,16,20,25H,3,8-11,13H2,1-2H3;1H4;4*1H/q;-1;;;;;/p-2. The number of nitrogens with zero attached hydrogens (tertiary/aromatic N) is 5. The second-order valence-electron chi connectivity index (χ2n) is 17.8. The highest BCUT2D eigenvalue weighted by Crippen LogP contribution is 2.43. The molecule has 1 amide bonds. The van der Waals surface area contributed by atoms with E-state index >= 15 is 0 Å². The Kier molecular flexibility index (Phi) is 23.6. The predicted molar refractivity (Wildman–Crippen MR) is 284 cm³/mol. The summed E-state index contributed by atoms with van der Waals surface area (Å²) in [6, 6.07) is 19.6. The van der Waals surface area contributed by atoms with Crippen LogP contribution in [-0.4, -0.2) is 115 Å². The molecule has 4 aromatic rings. The lowest BCUT2D eigenvalue weighted by molar-refractivity contribution is -0.146. The van der Waals surface area contributed by atoms with E-state index in [4.69, 9.17) is 31.0 Å². The molecule has 6 heterocycles. The van der Waals surface area contributed by atoms with Crippen molar-refractivity contribution in [3.63, 3.8) is 0 Å². The van der Waals surface area contributed by atoms with Crippen molar-refractivity contribution in [2.24, 2.45) is 10.9 Å². The Bertz CT molecular complexity index is 2420. The number of hydrogen-bond donors (Lipinski definition) is 3. The van der Waals surface area contributed by atoms with Gasteiger partial charge >= 0.3 is 12.1 Å². The second kappa shape index (κ2) is 27.5. The van der Waals surface area contributed by atoms with Crippen LogP contribution < -0.4 is 40.8 Å². The number of benzene rings is 2. The number of para-hydroxylation sites is 3. The van der Waals surface area contributed by atoms with E-state index in [1.807, 2.05) is 24.3 Å². The van der Waals surface area contributed by atoms with Crippen LogP contribution in [-0.2, 0) is 23.8 Å². The number of carbonyl (C=O) groups is 3. The molecule has 0 radical (unpaired) electrons. The van der Waals surface area contributed by atoms with E-state index < -0.39 is 29.7 Å². The Morgan fingerprint density at radius 2 is 1.41 bits per heavy atom. The van der Waals surface area contributed by atoms with Crippen LogP contribution in [0.1, 0.15) is 89.2 Å². The fourth-order valence-electron chi connectivity index (χ4n) is 8.54. The summed E-state index contributed by atoms with van der Waals surface area (Å²) in [5.74, 6) is 0.599. The third kappa shape index (κ3) is 15.6. The smallest absolute Gasteiger partial charge is 0.408 e. The van der Waals surface area contributed by atoms with Gasteiger partial charge in [-0.1, -0.05) is 44.2 Å². The van der Waals surface area contributed by atoms with Gasteiger partial charge < -0.3 is 69.6 Å². The summed E-state index contributed by atoms with van der Waals surface area (Å²) in [5.41, 5.74) is 7.27. The molecule has 3 N–H and O–H groups in total. The quantitative estimate of drug-likeness (QED) is 0.125. The summed E-state index contributed by atoms with van der Waals surface area (Å²) in [4.78, 5) is 55.2. The molecule has 20 heteroatoms. The first-order valence-electron chi connectivity index (χ1n) is 22.8. The van der Waals surface area contributed by atoms with Gasteiger partial charge in [-0.2, -0.15) is 0 Å². The highest BCUT2D eigenvalue weighted by atomic mass is 35.5. The number of alkyl carbamates (subject to hydrolysis) is 1. The molecule has 4 aliphatic heterocycles. The van der Waals surface area contributed by atoms with E-state index in [-0.39, 0.29) is 58.7 Å². The van der Waals surface area contributed by atoms with Gasteiger partial charge in [-0.15, -0.1) is 35.1 Å². The number of amidine groups is 1. The van der Waals surface area contributed by atoms with E-state index in [1.165, 1.54) is 31.6 Å². The van der Waals surface area contributed by atoms with Gasteiger partial charge in [0.25, 0.3) is 5.97 Å². The number of likely N-dealkylation sites (tertiary alicyclic amines) is 1. The topological polar surface area (TPSA) is 151 Å². The largest absolute Gasteiger partial charge is 1.00 e. The van der Waals surface area contributed by atoms with Crippen molar-refractivity contribution in [3.8, 4) is 0 Å². The number of ether oxygens (including phenoxy) is 3. The molecule has 70 heavy (non-hydrogen) atoms. The molecule has 2 atom stereocenters. The molecule has 0 aliphatic carbocycles. The zero-order valence-corrected chi connectivity index (χ0v) is 44.8. The fraction of sp³-hybridized carbons (Fsp3) is 0.480. The van der Waals surface area contributed by atoms with Crippen molar-refractivity contribution in [2.45, 2.75) is 92.8 Å². The Morgan fingerprint density at radius 1 is 0.843 bits per heavy atom. The summed E-state index contributed by atoms with van der Waals surface area (Å²) in [7, 11) is 0. The molecule has 0 spiro atoms. The average Bonchev–Trinajstić information content (AvgIpc) is 3.74. The second-order valence-corrected chi connectivity index (χ2v) is 20.5. The molecule has 2 aromatic carbocycles. The summed E-state index contributed by atoms with van der Waals surface area (Å²) in [6.07, 6.45) is 4.34. The summed E-state index contributed by atoms with van der Waals surface area (Å²) >= 11 is 9.22. The maximum absolute atomic E-state index is 12.6. The van der Waals surface area contributed by atoms with Gasteiger partial charge in [0, 0.05) is 79.5 Å². The number of rotatable bonds is 11. The molecular formula is C50H69Cl4N8O6S2-3. The van der Waals surface area contributed by atoms with Gasteiger partial charge in [-0.3, -0.25) is 21.5 Å². The van der Waals surface area contributed by atoms with E-state index in [9.17, 15) is 14.4 Å². The molecule has 2 fully saturated rings. The number of aryl methyl sites for hydroxylation is 2. The first kappa shape index (κ1) is 60.0.